The van der Waals surface area contributed by atoms with Crippen LogP contribution in [0.4, 0.5) is 11.6 Å². The summed E-state index contributed by atoms with van der Waals surface area (Å²) in [6, 6.07) is 11.7. The molecule has 1 saturated heterocycles. The Kier molecular flexibility index (Phi) is 6.17. The van der Waals surface area contributed by atoms with Gasteiger partial charge in [0, 0.05) is 44.8 Å². The van der Waals surface area contributed by atoms with Gasteiger partial charge in [0.25, 0.3) is 0 Å². The number of piperidine rings is 1. The maximum Gasteiger partial charge on any atom is 0.246 e. The van der Waals surface area contributed by atoms with E-state index >= 15 is 0 Å². The van der Waals surface area contributed by atoms with Crippen molar-refractivity contribution in [2.45, 2.75) is 19.3 Å². The van der Waals surface area contributed by atoms with Crippen molar-refractivity contribution in [2.24, 2.45) is 13.0 Å². The first-order valence-corrected chi connectivity index (χ1v) is 10.3. The van der Waals surface area contributed by atoms with Crippen molar-refractivity contribution in [2.75, 3.05) is 18.4 Å². The molecule has 3 aromatic heterocycles. The maximum absolute atomic E-state index is 12.6. The molecule has 30 heavy (non-hydrogen) atoms. The van der Waals surface area contributed by atoms with Crippen molar-refractivity contribution >= 4 is 23.6 Å². The lowest BCUT2D eigenvalue weighted by Crippen LogP contribution is -2.39. The van der Waals surface area contributed by atoms with Crippen molar-refractivity contribution < 1.29 is 4.79 Å². The van der Waals surface area contributed by atoms with E-state index in [9.17, 15) is 4.79 Å². The van der Waals surface area contributed by atoms with E-state index in [4.69, 9.17) is 0 Å². The number of anilines is 2. The SMILES string of the molecule is Cn1nccc1/C=C/C(=O)N1CCC[C@@H](Cc2ccnc(Nc3ccccn3)c2)C1. The monoisotopic (exact) mass is 402 g/mol. The van der Waals surface area contributed by atoms with Gasteiger partial charge < -0.3 is 10.2 Å². The van der Waals surface area contributed by atoms with Crippen molar-refractivity contribution in [1.29, 1.82) is 0 Å². The van der Waals surface area contributed by atoms with Crippen LogP contribution in [-0.4, -0.2) is 43.6 Å². The first-order chi connectivity index (χ1) is 14.7. The zero-order valence-corrected chi connectivity index (χ0v) is 17.1. The van der Waals surface area contributed by atoms with E-state index in [0.717, 1.165) is 49.7 Å². The lowest BCUT2D eigenvalue weighted by atomic mass is 9.91. The van der Waals surface area contributed by atoms with Crippen LogP contribution in [0.15, 0.2) is 61.1 Å². The molecule has 7 heteroatoms. The number of hydrogen-bond donors (Lipinski definition) is 1. The average Bonchev–Trinajstić information content (AvgIpc) is 3.18. The normalized spacial score (nSPS) is 16.7. The van der Waals surface area contributed by atoms with E-state index in [-0.39, 0.29) is 5.91 Å². The highest BCUT2D eigenvalue weighted by atomic mass is 16.2. The number of nitrogens with one attached hydrogen (secondary N) is 1. The van der Waals surface area contributed by atoms with Crippen LogP contribution in [0.5, 0.6) is 0 Å². The van der Waals surface area contributed by atoms with Gasteiger partial charge in [0.15, 0.2) is 0 Å². The number of hydrogen-bond acceptors (Lipinski definition) is 5. The summed E-state index contributed by atoms with van der Waals surface area (Å²) in [5, 5.41) is 7.37. The highest BCUT2D eigenvalue weighted by Crippen LogP contribution is 2.23. The molecular formula is C23H26N6O. The summed E-state index contributed by atoms with van der Waals surface area (Å²) in [4.78, 5) is 23.3. The summed E-state index contributed by atoms with van der Waals surface area (Å²) >= 11 is 0. The summed E-state index contributed by atoms with van der Waals surface area (Å²) in [5.74, 6) is 2.07. The molecule has 1 aliphatic rings. The molecule has 0 bridgehead atoms. The van der Waals surface area contributed by atoms with E-state index in [1.165, 1.54) is 5.56 Å². The Bertz CT molecular complexity index is 1010. The number of aryl methyl sites for hydroxylation is 1. The first kappa shape index (κ1) is 19.8. The van der Waals surface area contributed by atoms with E-state index in [0.29, 0.717) is 5.92 Å². The Balaban J connectivity index is 1.36. The van der Waals surface area contributed by atoms with Crippen molar-refractivity contribution in [3.05, 3.63) is 72.3 Å². The molecule has 0 radical (unpaired) electrons. The van der Waals surface area contributed by atoms with Gasteiger partial charge in [0.1, 0.15) is 11.6 Å². The molecule has 1 aliphatic heterocycles. The predicted octanol–water partition coefficient (Wildman–Crippen LogP) is 3.45. The van der Waals surface area contributed by atoms with Crippen LogP contribution in [-0.2, 0) is 18.3 Å². The van der Waals surface area contributed by atoms with Gasteiger partial charge in [-0.3, -0.25) is 9.48 Å². The number of carbonyl (C=O) groups excluding carboxylic acids is 1. The number of amides is 1. The minimum Gasteiger partial charge on any atom is -0.339 e. The van der Waals surface area contributed by atoms with Gasteiger partial charge in [0.2, 0.25) is 5.91 Å². The molecule has 7 nitrogen and oxygen atoms in total. The third-order valence-corrected chi connectivity index (χ3v) is 5.36. The Morgan fingerprint density at radius 1 is 1.17 bits per heavy atom. The van der Waals surface area contributed by atoms with Gasteiger partial charge in [-0.2, -0.15) is 5.10 Å². The summed E-state index contributed by atoms with van der Waals surface area (Å²) in [6.45, 7) is 1.59. The topological polar surface area (TPSA) is 75.9 Å². The lowest BCUT2D eigenvalue weighted by molar-refractivity contribution is -0.127. The molecule has 1 fully saturated rings. The average molecular weight is 403 g/mol. The molecule has 1 N–H and O–H groups in total. The van der Waals surface area contributed by atoms with E-state index in [2.05, 4.69) is 26.4 Å². The van der Waals surface area contributed by atoms with Crippen molar-refractivity contribution in [1.82, 2.24) is 24.6 Å². The van der Waals surface area contributed by atoms with Gasteiger partial charge in [0.05, 0.1) is 5.69 Å². The number of aromatic nitrogens is 4. The fourth-order valence-corrected chi connectivity index (χ4v) is 3.81. The molecule has 0 unspecified atom stereocenters. The molecular weight excluding hydrogens is 376 g/mol. The molecule has 3 aromatic rings. The molecule has 0 aliphatic carbocycles. The fourth-order valence-electron chi connectivity index (χ4n) is 3.81. The van der Waals surface area contributed by atoms with Crippen molar-refractivity contribution in [3.8, 4) is 0 Å². The number of pyridine rings is 2. The minimum atomic E-state index is 0.0631. The van der Waals surface area contributed by atoms with Crippen LogP contribution in [0, 0.1) is 5.92 Å². The predicted molar refractivity (Wildman–Crippen MR) is 117 cm³/mol. The Morgan fingerprint density at radius 3 is 2.87 bits per heavy atom. The Labute approximate surface area is 176 Å². The largest absolute Gasteiger partial charge is 0.339 e. The summed E-state index contributed by atoms with van der Waals surface area (Å²) in [6.07, 6.45) is 11.9. The minimum absolute atomic E-state index is 0.0631. The second-order valence-electron chi connectivity index (χ2n) is 7.60. The van der Waals surface area contributed by atoms with Crippen LogP contribution in [0.1, 0.15) is 24.1 Å². The smallest absolute Gasteiger partial charge is 0.246 e. The highest BCUT2D eigenvalue weighted by molar-refractivity contribution is 5.91. The molecule has 4 rings (SSSR count). The van der Waals surface area contributed by atoms with Crippen LogP contribution in [0.3, 0.4) is 0 Å². The van der Waals surface area contributed by atoms with Gasteiger partial charge in [-0.25, -0.2) is 9.97 Å². The van der Waals surface area contributed by atoms with Gasteiger partial charge in [-0.1, -0.05) is 6.07 Å². The molecule has 0 aromatic carbocycles. The quantitative estimate of drug-likeness (QED) is 0.639. The Morgan fingerprint density at radius 2 is 2.07 bits per heavy atom. The maximum atomic E-state index is 12.6. The zero-order valence-electron chi connectivity index (χ0n) is 17.1. The van der Waals surface area contributed by atoms with Crippen LogP contribution in [0.25, 0.3) is 6.08 Å². The molecule has 0 spiro atoms. The fraction of sp³-hybridized carbons (Fsp3) is 0.304. The van der Waals surface area contributed by atoms with Crippen LogP contribution in [0.2, 0.25) is 0 Å². The number of carbonyl (C=O) groups is 1. The van der Waals surface area contributed by atoms with E-state index in [1.807, 2.05) is 54.6 Å². The molecule has 4 heterocycles. The molecule has 154 valence electrons. The Hall–Kier alpha value is -3.48. The standard InChI is InChI=1S/C23H26N6O/c1-28-20(10-13-26-28)7-8-23(30)29-14-4-5-19(17-29)15-18-9-12-25-22(16-18)27-21-6-2-3-11-24-21/h2-3,6-13,16,19H,4-5,14-15,17H2,1H3,(H,24,25,27)/b8-7+/t19-/m0/s1. The third kappa shape index (κ3) is 5.11. The molecule has 0 saturated carbocycles. The third-order valence-electron chi connectivity index (χ3n) is 5.36. The molecule has 1 amide bonds. The summed E-state index contributed by atoms with van der Waals surface area (Å²) in [7, 11) is 1.87. The second-order valence-corrected chi connectivity index (χ2v) is 7.60. The van der Waals surface area contributed by atoms with Crippen molar-refractivity contribution in [3.63, 3.8) is 0 Å². The number of likely N-dealkylation sites (tertiary alicyclic amines) is 1. The molecule has 1 atom stereocenters. The number of rotatable bonds is 6. The summed E-state index contributed by atoms with van der Waals surface area (Å²) in [5.41, 5.74) is 2.13. The van der Waals surface area contributed by atoms with Gasteiger partial charge in [-0.15, -0.1) is 0 Å². The van der Waals surface area contributed by atoms with Gasteiger partial charge >= 0.3 is 0 Å². The van der Waals surface area contributed by atoms with Crippen LogP contribution < -0.4 is 5.32 Å². The van der Waals surface area contributed by atoms with Crippen LogP contribution >= 0.6 is 0 Å². The number of nitrogens with zero attached hydrogens (tertiary/aromatic N) is 5. The highest BCUT2D eigenvalue weighted by Gasteiger charge is 2.22. The summed E-state index contributed by atoms with van der Waals surface area (Å²) < 4.78 is 1.75. The zero-order chi connectivity index (χ0) is 20.8. The van der Waals surface area contributed by atoms with E-state index < -0.39 is 0 Å². The first-order valence-electron chi connectivity index (χ1n) is 10.3. The lowest BCUT2D eigenvalue weighted by Gasteiger charge is -2.32. The second kappa shape index (κ2) is 9.35. The van der Waals surface area contributed by atoms with Gasteiger partial charge in [-0.05, 0) is 67.2 Å². The van der Waals surface area contributed by atoms with E-state index in [1.54, 1.807) is 23.2 Å².